The molecule has 1 atom stereocenters. The molecule has 3 aromatic rings. The van der Waals surface area contributed by atoms with Crippen LogP contribution in [0.3, 0.4) is 0 Å². The number of hydrogen-bond acceptors (Lipinski definition) is 5. The number of sulfonamides is 1. The average Bonchev–Trinajstić information content (AvgIpc) is 3.09. The highest BCUT2D eigenvalue weighted by atomic mass is 32.2. The van der Waals surface area contributed by atoms with Crippen LogP contribution in [0.1, 0.15) is 41.9 Å². The lowest BCUT2D eigenvalue weighted by Gasteiger charge is -2.31. The summed E-state index contributed by atoms with van der Waals surface area (Å²) in [6.45, 7) is 2.08. The minimum absolute atomic E-state index is 0.115. The molecular weight excluding hydrogens is 416 g/mol. The van der Waals surface area contributed by atoms with Crippen molar-refractivity contribution in [3.05, 3.63) is 76.5 Å². The molecule has 1 saturated heterocycles. The van der Waals surface area contributed by atoms with E-state index in [1.165, 1.54) is 40.2 Å². The van der Waals surface area contributed by atoms with Crippen LogP contribution in [0.25, 0.3) is 5.69 Å². The Hall–Kier alpha value is -3.04. The summed E-state index contributed by atoms with van der Waals surface area (Å²) in [5, 5.41) is 4.44. The fourth-order valence-corrected chi connectivity index (χ4v) is 5.47. The van der Waals surface area contributed by atoms with Gasteiger partial charge < -0.3 is 0 Å². The van der Waals surface area contributed by atoms with E-state index in [1.54, 1.807) is 11.6 Å². The van der Waals surface area contributed by atoms with E-state index in [4.69, 9.17) is 0 Å². The van der Waals surface area contributed by atoms with E-state index in [0.717, 1.165) is 6.42 Å². The molecule has 1 aromatic heterocycles. The summed E-state index contributed by atoms with van der Waals surface area (Å²) in [6.07, 6.45) is 1.40. The Kier molecular flexibility index (Phi) is 5.63. The van der Waals surface area contributed by atoms with Crippen LogP contribution < -0.4 is 5.69 Å². The number of carbonyl (C=O) groups excluding carboxylic acids is 1. The fraction of sp³-hybridized carbons (Fsp3) is 0.318. The maximum Gasteiger partial charge on any atom is 0.350 e. The molecule has 0 spiro atoms. The van der Waals surface area contributed by atoms with Crippen LogP contribution in [0.15, 0.2) is 64.3 Å². The molecule has 0 saturated carbocycles. The van der Waals surface area contributed by atoms with Gasteiger partial charge in [0.05, 0.1) is 10.6 Å². The van der Waals surface area contributed by atoms with Gasteiger partial charge in [0.15, 0.2) is 5.78 Å². The number of benzene rings is 2. The minimum atomic E-state index is -3.73. The van der Waals surface area contributed by atoms with Crippen molar-refractivity contribution >= 4 is 15.8 Å². The first-order valence-electron chi connectivity index (χ1n) is 10.1. The third-order valence-corrected chi connectivity index (χ3v) is 7.49. The predicted molar refractivity (Wildman–Crippen MR) is 116 cm³/mol. The van der Waals surface area contributed by atoms with Gasteiger partial charge in [-0.2, -0.15) is 9.40 Å². The summed E-state index contributed by atoms with van der Waals surface area (Å²) >= 11 is 0. The quantitative estimate of drug-likeness (QED) is 0.568. The number of carbonyl (C=O) groups is 1. The van der Waals surface area contributed by atoms with Crippen LogP contribution in [0.5, 0.6) is 0 Å². The SMILES string of the molecule is CC(=O)c1ccc(S(=O)(=O)N2CCC[C@@H](c3nn(C)c(=O)n3-c3ccccc3)C2)cc1. The van der Waals surface area contributed by atoms with Crippen LogP contribution in [0, 0.1) is 0 Å². The first-order chi connectivity index (χ1) is 14.8. The molecule has 1 fully saturated rings. The Balaban J connectivity index is 1.66. The largest absolute Gasteiger partial charge is 0.350 e. The number of aromatic nitrogens is 3. The molecule has 1 aliphatic heterocycles. The highest BCUT2D eigenvalue weighted by Gasteiger charge is 2.34. The summed E-state index contributed by atoms with van der Waals surface area (Å²) in [5.41, 5.74) is 0.909. The summed E-state index contributed by atoms with van der Waals surface area (Å²) in [7, 11) is -2.13. The van der Waals surface area contributed by atoms with Crippen molar-refractivity contribution in [2.45, 2.75) is 30.6 Å². The zero-order chi connectivity index (χ0) is 22.2. The van der Waals surface area contributed by atoms with E-state index in [-0.39, 0.29) is 28.8 Å². The lowest BCUT2D eigenvalue weighted by atomic mass is 9.98. The van der Waals surface area contributed by atoms with Gasteiger partial charge in [-0.05, 0) is 44.0 Å². The van der Waals surface area contributed by atoms with Crippen molar-refractivity contribution in [3.8, 4) is 5.69 Å². The van der Waals surface area contributed by atoms with Gasteiger partial charge in [-0.25, -0.2) is 22.5 Å². The van der Waals surface area contributed by atoms with Crippen molar-refractivity contribution in [1.29, 1.82) is 0 Å². The predicted octanol–water partition coefficient (Wildman–Crippen LogP) is 2.34. The summed E-state index contributed by atoms with van der Waals surface area (Å²) < 4.78 is 30.7. The fourth-order valence-electron chi connectivity index (χ4n) is 3.95. The molecule has 31 heavy (non-hydrogen) atoms. The molecule has 2 aromatic carbocycles. The van der Waals surface area contributed by atoms with Gasteiger partial charge in [0, 0.05) is 31.6 Å². The van der Waals surface area contributed by atoms with Gasteiger partial charge in [-0.1, -0.05) is 30.3 Å². The molecular formula is C22H24N4O4S. The van der Waals surface area contributed by atoms with Crippen molar-refractivity contribution in [2.75, 3.05) is 13.1 Å². The molecule has 0 unspecified atom stereocenters. The Morgan fingerprint density at radius 2 is 1.74 bits per heavy atom. The third kappa shape index (κ3) is 3.98. The standard InChI is InChI=1S/C22H24N4O4S/c1-16(27)17-10-12-20(13-11-17)31(29,30)25-14-6-7-18(15-25)21-23-24(2)22(28)26(21)19-8-4-3-5-9-19/h3-5,8-13,18H,6-7,14-15H2,1-2H3/t18-/m1/s1. The van der Waals surface area contributed by atoms with Gasteiger partial charge in [0.1, 0.15) is 5.82 Å². The van der Waals surface area contributed by atoms with E-state index in [0.29, 0.717) is 30.0 Å². The summed E-state index contributed by atoms with van der Waals surface area (Å²) in [4.78, 5) is 24.4. The molecule has 0 N–H and O–H groups in total. The van der Waals surface area contributed by atoms with Gasteiger partial charge in [-0.3, -0.25) is 4.79 Å². The van der Waals surface area contributed by atoms with Crippen LogP contribution >= 0.6 is 0 Å². The monoisotopic (exact) mass is 440 g/mol. The zero-order valence-electron chi connectivity index (χ0n) is 17.4. The number of hydrogen-bond donors (Lipinski definition) is 0. The van der Waals surface area contributed by atoms with Gasteiger partial charge in [0.2, 0.25) is 10.0 Å². The smallest absolute Gasteiger partial charge is 0.295 e. The molecule has 0 amide bonds. The van der Waals surface area contributed by atoms with Crippen molar-refractivity contribution in [2.24, 2.45) is 7.05 Å². The molecule has 8 nitrogen and oxygen atoms in total. The maximum absolute atomic E-state index is 13.2. The normalized spacial score (nSPS) is 17.5. The summed E-state index contributed by atoms with van der Waals surface area (Å²) in [5.74, 6) is 0.232. The van der Waals surface area contributed by atoms with E-state index in [1.807, 2.05) is 30.3 Å². The van der Waals surface area contributed by atoms with Crippen molar-refractivity contribution in [1.82, 2.24) is 18.7 Å². The van der Waals surface area contributed by atoms with E-state index in [9.17, 15) is 18.0 Å². The Labute approximate surface area is 180 Å². The molecule has 2 heterocycles. The second-order valence-electron chi connectivity index (χ2n) is 7.72. The molecule has 0 bridgehead atoms. The first-order valence-corrected chi connectivity index (χ1v) is 11.6. The van der Waals surface area contributed by atoms with Crippen LogP contribution in [0.2, 0.25) is 0 Å². The molecule has 4 rings (SSSR count). The van der Waals surface area contributed by atoms with Gasteiger partial charge in [0.25, 0.3) is 0 Å². The van der Waals surface area contributed by atoms with Crippen LogP contribution in [-0.4, -0.2) is 45.9 Å². The van der Waals surface area contributed by atoms with Crippen LogP contribution in [-0.2, 0) is 17.1 Å². The average molecular weight is 441 g/mol. The molecule has 1 aliphatic rings. The molecule has 162 valence electrons. The van der Waals surface area contributed by atoms with Crippen molar-refractivity contribution in [3.63, 3.8) is 0 Å². The second kappa shape index (κ2) is 8.24. The number of ketones is 1. The van der Waals surface area contributed by atoms with E-state index >= 15 is 0 Å². The Bertz CT molecular complexity index is 1260. The van der Waals surface area contributed by atoms with Crippen molar-refractivity contribution < 1.29 is 13.2 Å². The summed E-state index contributed by atoms with van der Waals surface area (Å²) in [6, 6.07) is 15.2. The lowest BCUT2D eigenvalue weighted by molar-refractivity contribution is 0.101. The topological polar surface area (TPSA) is 94.3 Å². The molecule has 0 radical (unpaired) electrons. The molecule has 9 heteroatoms. The number of para-hydroxylation sites is 1. The molecule has 0 aliphatic carbocycles. The number of nitrogens with zero attached hydrogens (tertiary/aromatic N) is 4. The number of aryl methyl sites for hydroxylation is 1. The Morgan fingerprint density at radius 1 is 1.06 bits per heavy atom. The van der Waals surface area contributed by atoms with E-state index in [2.05, 4.69) is 5.10 Å². The zero-order valence-corrected chi connectivity index (χ0v) is 18.2. The number of Topliss-reactive ketones (excluding diaryl/α,β-unsaturated/α-hetero) is 1. The number of piperidine rings is 1. The second-order valence-corrected chi connectivity index (χ2v) is 9.66. The van der Waals surface area contributed by atoms with Gasteiger partial charge >= 0.3 is 5.69 Å². The Morgan fingerprint density at radius 3 is 2.39 bits per heavy atom. The minimum Gasteiger partial charge on any atom is -0.295 e. The van der Waals surface area contributed by atoms with Crippen LogP contribution in [0.4, 0.5) is 0 Å². The number of rotatable bonds is 5. The third-order valence-electron chi connectivity index (χ3n) is 5.61. The first kappa shape index (κ1) is 21.2. The van der Waals surface area contributed by atoms with E-state index < -0.39 is 10.0 Å². The van der Waals surface area contributed by atoms with Gasteiger partial charge in [-0.15, -0.1) is 0 Å². The highest BCUT2D eigenvalue weighted by molar-refractivity contribution is 7.89. The lowest BCUT2D eigenvalue weighted by Crippen LogP contribution is -2.40. The maximum atomic E-state index is 13.2. The highest BCUT2D eigenvalue weighted by Crippen LogP contribution is 2.30.